The molecule has 0 unspecified atom stereocenters. The Kier molecular flexibility index (Phi) is 47.2. The minimum absolute atomic E-state index is 0. The van der Waals surface area contributed by atoms with Crippen LogP contribution in [0.5, 0.6) is 0 Å². The molecule has 0 fully saturated rings. The molecule has 0 aliphatic heterocycles. The van der Waals surface area contributed by atoms with Gasteiger partial charge in [0.15, 0.2) is 0 Å². The van der Waals surface area contributed by atoms with Crippen molar-refractivity contribution in [2.75, 3.05) is 0 Å². The Morgan fingerprint density at radius 2 is 0.478 bits per heavy atom. The summed E-state index contributed by atoms with van der Waals surface area (Å²) < 4.78 is 0. The number of unbranched alkanes of at least 4 members (excludes halogenated alkanes) is 18. The third kappa shape index (κ3) is 61.9. The van der Waals surface area contributed by atoms with Crippen molar-refractivity contribution in [3.05, 3.63) is 0 Å². The molecule has 0 heterocycles. The van der Waals surface area contributed by atoms with Gasteiger partial charge in [0, 0.05) is 17.9 Å². The van der Waals surface area contributed by atoms with Gasteiger partial charge in [-0.05, 0) is 56.3 Å². The van der Waals surface area contributed by atoms with Gasteiger partial charge >= 0.3 is 17.1 Å². The minimum atomic E-state index is -0.910. The Balaban J connectivity index is -0.000000285. The van der Waals surface area contributed by atoms with E-state index in [1.54, 1.807) is 0 Å². The van der Waals surface area contributed by atoms with Crippen molar-refractivity contribution >= 4 is 17.9 Å². The van der Waals surface area contributed by atoms with Crippen LogP contribution in [-0.4, -0.2) is 17.9 Å². The molecular formula is C39H75FeO6. The number of carboxylic acid groups (broad SMARTS) is 3. The van der Waals surface area contributed by atoms with Crippen molar-refractivity contribution < 1.29 is 46.8 Å². The van der Waals surface area contributed by atoms with E-state index in [4.69, 9.17) is 0 Å². The van der Waals surface area contributed by atoms with Crippen LogP contribution >= 0.6 is 0 Å². The number of hydrogen-bond acceptors (Lipinski definition) is 6. The number of carbonyl (C=O) groups is 3. The second-order valence-corrected chi connectivity index (χ2v) is 14.3. The molecule has 0 aromatic carbocycles. The van der Waals surface area contributed by atoms with E-state index in [2.05, 4.69) is 41.5 Å². The molecular weight excluding hydrogens is 620 g/mol. The van der Waals surface area contributed by atoms with Crippen LogP contribution in [0, 0.1) is 17.8 Å². The van der Waals surface area contributed by atoms with Gasteiger partial charge in [-0.2, -0.15) is 0 Å². The summed E-state index contributed by atoms with van der Waals surface area (Å²) in [5, 5.41) is 30.4. The Morgan fingerprint density at radius 1 is 0.326 bits per heavy atom. The van der Waals surface area contributed by atoms with E-state index < -0.39 is 17.9 Å². The third-order valence-electron chi connectivity index (χ3n) is 7.99. The molecule has 0 amide bonds. The average Bonchev–Trinajstić information content (AvgIpc) is 2.94. The molecule has 0 aliphatic rings. The van der Waals surface area contributed by atoms with Gasteiger partial charge in [-0.25, -0.2) is 0 Å². The SMILES string of the molecule is CC(C)CCCCCCCCCC(=O)[O-].CC(C)CCCCCCCCCC(=O)[O-].CC(C)CCCCCCCCCC(=O)[O-].[Fe+3]. The normalized spacial score (nSPS) is 10.6. The maximum atomic E-state index is 10.1. The second kappa shape index (κ2) is 42.0. The van der Waals surface area contributed by atoms with E-state index in [9.17, 15) is 29.7 Å². The topological polar surface area (TPSA) is 120 Å². The van der Waals surface area contributed by atoms with E-state index in [1.807, 2.05) is 0 Å². The summed E-state index contributed by atoms with van der Waals surface area (Å²) >= 11 is 0. The van der Waals surface area contributed by atoms with Gasteiger partial charge in [-0.3, -0.25) is 0 Å². The molecule has 0 spiro atoms. The standard InChI is InChI=1S/3C13H26O2.Fe/c3*1-12(2)10-8-6-4-3-5-7-9-11-13(14)15;/h3*12H,3-11H2,1-2H3,(H,14,15);/q;;;+3/p-3. The summed E-state index contributed by atoms with van der Waals surface area (Å²) in [6, 6.07) is 0. The molecule has 0 rings (SSSR count). The Hall–Kier alpha value is -1.07. The molecule has 46 heavy (non-hydrogen) atoms. The average molecular weight is 696 g/mol. The second-order valence-electron chi connectivity index (χ2n) is 14.3. The first kappa shape index (κ1) is 51.8. The Bertz CT molecular complexity index is 550. The van der Waals surface area contributed by atoms with Crippen LogP contribution < -0.4 is 15.3 Å². The molecule has 275 valence electrons. The fraction of sp³-hybridized carbons (Fsp3) is 0.923. The van der Waals surface area contributed by atoms with Gasteiger partial charge in [0.1, 0.15) is 0 Å². The number of aliphatic carboxylic acids is 3. The number of rotatable bonds is 30. The van der Waals surface area contributed by atoms with Crippen LogP contribution in [0.25, 0.3) is 0 Å². The number of carboxylic acids is 3. The predicted octanol–water partition coefficient (Wildman–Crippen LogP) is 8.71. The molecule has 0 saturated heterocycles. The maximum absolute atomic E-state index is 10.1. The van der Waals surface area contributed by atoms with Crippen LogP contribution in [0.3, 0.4) is 0 Å². The fourth-order valence-electron chi connectivity index (χ4n) is 5.12. The minimum Gasteiger partial charge on any atom is -0.550 e. The molecule has 1 radical (unpaired) electrons. The first-order chi connectivity index (χ1) is 21.4. The Labute approximate surface area is 296 Å². The molecule has 0 aromatic heterocycles. The summed E-state index contributed by atoms with van der Waals surface area (Å²) in [6.45, 7) is 13.6. The van der Waals surface area contributed by atoms with Crippen LogP contribution in [0.1, 0.15) is 215 Å². The molecule has 0 aromatic rings. The van der Waals surface area contributed by atoms with Crippen molar-refractivity contribution in [3.63, 3.8) is 0 Å². The summed E-state index contributed by atoms with van der Waals surface area (Å²) in [7, 11) is 0. The van der Waals surface area contributed by atoms with Gasteiger partial charge in [-0.15, -0.1) is 0 Å². The van der Waals surface area contributed by atoms with Gasteiger partial charge in [0.25, 0.3) is 0 Å². The molecule has 0 aliphatic carbocycles. The van der Waals surface area contributed by atoms with Crippen molar-refractivity contribution in [1.82, 2.24) is 0 Å². The summed E-state index contributed by atoms with van der Waals surface area (Å²) in [5.74, 6) is -0.250. The van der Waals surface area contributed by atoms with Crippen molar-refractivity contribution in [3.8, 4) is 0 Å². The molecule has 0 N–H and O–H groups in total. The van der Waals surface area contributed by atoms with Gasteiger partial charge < -0.3 is 29.7 Å². The quantitative estimate of drug-likeness (QED) is 0.0548. The Morgan fingerprint density at radius 3 is 0.630 bits per heavy atom. The third-order valence-corrected chi connectivity index (χ3v) is 7.99. The predicted molar refractivity (Wildman–Crippen MR) is 184 cm³/mol. The zero-order chi connectivity index (χ0) is 34.6. The first-order valence-corrected chi connectivity index (χ1v) is 19.0. The van der Waals surface area contributed by atoms with E-state index in [0.29, 0.717) is 0 Å². The fourth-order valence-corrected chi connectivity index (χ4v) is 5.12. The number of carbonyl (C=O) groups excluding carboxylic acids is 3. The van der Waals surface area contributed by atoms with Gasteiger partial charge in [0.05, 0.1) is 0 Å². The molecule has 0 saturated carbocycles. The zero-order valence-corrected chi connectivity index (χ0v) is 32.2. The van der Waals surface area contributed by atoms with Crippen molar-refractivity contribution in [1.29, 1.82) is 0 Å². The van der Waals surface area contributed by atoms with Crippen LogP contribution in [0.4, 0.5) is 0 Å². The summed E-state index contributed by atoms with van der Waals surface area (Å²) in [5.41, 5.74) is 0. The van der Waals surface area contributed by atoms with E-state index in [0.717, 1.165) is 56.3 Å². The van der Waals surface area contributed by atoms with E-state index in [1.165, 1.54) is 116 Å². The first-order valence-electron chi connectivity index (χ1n) is 19.0. The van der Waals surface area contributed by atoms with Crippen molar-refractivity contribution in [2.24, 2.45) is 17.8 Å². The van der Waals surface area contributed by atoms with Gasteiger partial charge in [0.2, 0.25) is 0 Å². The molecule has 0 bridgehead atoms. The molecule has 6 nitrogen and oxygen atoms in total. The van der Waals surface area contributed by atoms with Crippen LogP contribution in [0.15, 0.2) is 0 Å². The zero-order valence-electron chi connectivity index (χ0n) is 31.1. The smallest absolute Gasteiger partial charge is 0.550 e. The summed E-state index contributed by atoms with van der Waals surface area (Å²) in [6.07, 6.45) is 29.4. The van der Waals surface area contributed by atoms with Crippen molar-refractivity contribution in [2.45, 2.75) is 215 Å². The monoisotopic (exact) mass is 695 g/mol. The molecule has 0 atom stereocenters. The van der Waals surface area contributed by atoms with Gasteiger partial charge in [-0.1, -0.05) is 176 Å². The van der Waals surface area contributed by atoms with E-state index >= 15 is 0 Å². The largest absolute Gasteiger partial charge is 3.00 e. The maximum Gasteiger partial charge on any atom is 3.00 e. The van der Waals surface area contributed by atoms with Crippen LogP contribution in [0.2, 0.25) is 0 Å². The summed E-state index contributed by atoms with van der Waals surface area (Å²) in [4.78, 5) is 30.4. The van der Waals surface area contributed by atoms with Crippen LogP contribution in [-0.2, 0) is 31.5 Å². The molecule has 7 heteroatoms. The van der Waals surface area contributed by atoms with E-state index in [-0.39, 0.29) is 36.3 Å². The number of hydrogen-bond donors (Lipinski definition) is 0.